The van der Waals surface area contributed by atoms with Crippen molar-refractivity contribution in [3.8, 4) is 11.5 Å². The summed E-state index contributed by atoms with van der Waals surface area (Å²) in [7, 11) is 2.07. The zero-order chi connectivity index (χ0) is 13.8. The SMILES string of the molecule is CC(c1c(O)cccc1O)N(C)CC1CCCCC1. The van der Waals surface area contributed by atoms with Crippen LogP contribution in [0.1, 0.15) is 50.6 Å². The van der Waals surface area contributed by atoms with E-state index in [0.717, 1.165) is 12.5 Å². The summed E-state index contributed by atoms with van der Waals surface area (Å²) < 4.78 is 0. The molecule has 1 fully saturated rings. The minimum Gasteiger partial charge on any atom is -0.507 e. The van der Waals surface area contributed by atoms with Crippen LogP contribution in [-0.2, 0) is 0 Å². The Morgan fingerprint density at radius 3 is 2.32 bits per heavy atom. The van der Waals surface area contributed by atoms with Crippen molar-refractivity contribution in [1.29, 1.82) is 0 Å². The van der Waals surface area contributed by atoms with Crippen LogP contribution in [0.3, 0.4) is 0 Å². The molecule has 1 aliphatic carbocycles. The summed E-state index contributed by atoms with van der Waals surface area (Å²) in [4.78, 5) is 2.24. The summed E-state index contributed by atoms with van der Waals surface area (Å²) in [6.07, 6.45) is 6.67. The van der Waals surface area contributed by atoms with E-state index in [0.29, 0.717) is 5.56 Å². The number of aromatic hydroxyl groups is 2. The molecule has 3 heteroatoms. The van der Waals surface area contributed by atoms with Crippen LogP contribution >= 0.6 is 0 Å². The van der Waals surface area contributed by atoms with E-state index in [-0.39, 0.29) is 17.5 Å². The molecule has 3 nitrogen and oxygen atoms in total. The van der Waals surface area contributed by atoms with Crippen molar-refractivity contribution in [3.63, 3.8) is 0 Å². The van der Waals surface area contributed by atoms with Crippen LogP contribution in [0.4, 0.5) is 0 Å². The van der Waals surface area contributed by atoms with Gasteiger partial charge in [0.1, 0.15) is 11.5 Å². The van der Waals surface area contributed by atoms with Crippen LogP contribution in [0.5, 0.6) is 11.5 Å². The van der Waals surface area contributed by atoms with E-state index in [9.17, 15) is 10.2 Å². The van der Waals surface area contributed by atoms with Gasteiger partial charge in [-0.05, 0) is 44.9 Å². The highest BCUT2D eigenvalue weighted by Crippen LogP contribution is 2.36. The Hall–Kier alpha value is -1.22. The van der Waals surface area contributed by atoms with Crippen molar-refractivity contribution in [2.24, 2.45) is 5.92 Å². The Bertz CT molecular complexity index is 393. The van der Waals surface area contributed by atoms with E-state index >= 15 is 0 Å². The molecule has 0 spiro atoms. The number of nitrogens with zero attached hydrogens (tertiary/aromatic N) is 1. The summed E-state index contributed by atoms with van der Waals surface area (Å²) >= 11 is 0. The van der Waals surface area contributed by atoms with Crippen molar-refractivity contribution in [2.75, 3.05) is 13.6 Å². The maximum Gasteiger partial charge on any atom is 0.124 e. The zero-order valence-corrected chi connectivity index (χ0v) is 12.0. The Morgan fingerprint density at radius 2 is 1.74 bits per heavy atom. The van der Waals surface area contributed by atoms with Crippen LogP contribution in [0, 0.1) is 5.92 Å². The van der Waals surface area contributed by atoms with Gasteiger partial charge in [-0.3, -0.25) is 4.90 Å². The molecule has 106 valence electrons. The lowest BCUT2D eigenvalue weighted by molar-refractivity contribution is 0.187. The van der Waals surface area contributed by atoms with Crippen molar-refractivity contribution >= 4 is 0 Å². The third kappa shape index (κ3) is 3.41. The first-order valence-corrected chi connectivity index (χ1v) is 7.30. The molecule has 1 aliphatic rings. The second-order valence-electron chi connectivity index (χ2n) is 5.83. The van der Waals surface area contributed by atoms with Gasteiger partial charge in [0.05, 0.1) is 5.56 Å². The standard InChI is InChI=1S/C16H25NO2/c1-12(16-14(18)9-6-10-15(16)19)17(2)11-13-7-4-3-5-8-13/h6,9-10,12-13,18-19H,3-5,7-8,11H2,1-2H3. The van der Waals surface area contributed by atoms with Gasteiger partial charge in [-0.1, -0.05) is 25.3 Å². The predicted molar refractivity (Wildman–Crippen MR) is 77.4 cm³/mol. The van der Waals surface area contributed by atoms with E-state index in [1.165, 1.54) is 32.1 Å². The monoisotopic (exact) mass is 263 g/mol. The fraction of sp³-hybridized carbons (Fsp3) is 0.625. The van der Waals surface area contributed by atoms with E-state index in [2.05, 4.69) is 11.9 Å². The van der Waals surface area contributed by atoms with Gasteiger partial charge < -0.3 is 10.2 Å². The molecule has 1 aromatic rings. The molecule has 0 heterocycles. The lowest BCUT2D eigenvalue weighted by atomic mass is 9.88. The topological polar surface area (TPSA) is 43.7 Å². The van der Waals surface area contributed by atoms with Gasteiger partial charge in [0.25, 0.3) is 0 Å². The lowest BCUT2D eigenvalue weighted by Gasteiger charge is -2.31. The molecule has 0 radical (unpaired) electrons. The number of hydrogen-bond donors (Lipinski definition) is 2. The quantitative estimate of drug-likeness (QED) is 0.871. The third-order valence-electron chi connectivity index (χ3n) is 4.41. The summed E-state index contributed by atoms with van der Waals surface area (Å²) in [6, 6.07) is 4.98. The second-order valence-corrected chi connectivity index (χ2v) is 5.83. The lowest BCUT2D eigenvalue weighted by Crippen LogP contribution is -2.29. The van der Waals surface area contributed by atoms with Gasteiger partial charge in [0.2, 0.25) is 0 Å². The fourth-order valence-electron chi connectivity index (χ4n) is 3.12. The van der Waals surface area contributed by atoms with Crippen molar-refractivity contribution in [2.45, 2.75) is 45.1 Å². The van der Waals surface area contributed by atoms with E-state index < -0.39 is 0 Å². The van der Waals surface area contributed by atoms with Crippen molar-refractivity contribution < 1.29 is 10.2 Å². The smallest absolute Gasteiger partial charge is 0.124 e. The highest BCUT2D eigenvalue weighted by molar-refractivity contribution is 5.44. The van der Waals surface area contributed by atoms with Gasteiger partial charge in [-0.25, -0.2) is 0 Å². The average Bonchev–Trinajstić information content (AvgIpc) is 2.39. The summed E-state index contributed by atoms with van der Waals surface area (Å²) in [6.45, 7) is 3.08. The molecule has 0 bridgehead atoms. The van der Waals surface area contributed by atoms with Crippen LogP contribution < -0.4 is 0 Å². The Labute approximate surface area is 115 Å². The van der Waals surface area contributed by atoms with Gasteiger partial charge in [0, 0.05) is 12.6 Å². The van der Waals surface area contributed by atoms with Crippen LogP contribution in [-0.4, -0.2) is 28.7 Å². The Kier molecular flexibility index (Phi) is 4.70. The molecule has 2 N–H and O–H groups in total. The Morgan fingerprint density at radius 1 is 1.16 bits per heavy atom. The fourth-order valence-corrected chi connectivity index (χ4v) is 3.12. The molecule has 1 atom stereocenters. The van der Waals surface area contributed by atoms with Crippen LogP contribution in [0.15, 0.2) is 18.2 Å². The molecule has 0 saturated heterocycles. The maximum absolute atomic E-state index is 9.93. The molecular weight excluding hydrogens is 238 g/mol. The number of hydrogen-bond acceptors (Lipinski definition) is 3. The van der Waals surface area contributed by atoms with Gasteiger partial charge in [0.15, 0.2) is 0 Å². The van der Waals surface area contributed by atoms with E-state index in [4.69, 9.17) is 0 Å². The van der Waals surface area contributed by atoms with Crippen LogP contribution in [0.2, 0.25) is 0 Å². The Balaban J connectivity index is 2.03. The van der Waals surface area contributed by atoms with E-state index in [1.54, 1.807) is 18.2 Å². The molecule has 1 unspecified atom stereocenters. The van der Waals surface area contributed by atoms with Gasteiger partial charge in [-0.2, -0.15) is 0 Å². The summed E-state index contributed by atoms with van der Waals surface area (Å²) in [5, 5.41) is 19.9. The highest BCUT2D eigenvalue weighted by atomic mass is 16.3. The molecule has 1 saturated carbocycles. The number of phenols is 2. The van der Waals surface area contributed by atoms with Crippen molar-refractivity contribution in [3.05, 3.63) is 23.8 Å². The number of rotatable bonds is 4. The highest BCUT2D eigenvalue weighted by Gasteiger charge is 2.22. The maximum atomic E-state index is 9.93. The predicted octanol–water partition coefficient (Wildman–Crippen LogP) is 3.67. The van der Waals surface area contributed by atoms with Gasteiger partial charge >= 0.3 is 0 Å². The molecule has 1 aromatic carbocycles. The molecule has 19 heavy (non-hydrogen) atoms. The normalized spacial score (nSPS) is 18.7. The van der Waals surface area contributed by atoms with Crippen molar-refractivity contribution in [1.82, 2.24) is 4.90 Å². The first kappa shape index (κ1) is 14.2. The van der Waals surface area contributed by atoms with E-state index in [1.807, 2.05) is 6.92 Å². The molecular formula is C16H25NO2. The molecule has 0 amide bonds. The molecule has 2 rings (SSSR count). The number of benzene rings is 1. The minimum absolute atomic E-state index is 0.0307. The first-order valence-electron chi connectivity index (χ1n) is 7.30. The second kappa shape index (κ2) is 6.29. The first-order chi connectivity index (χ1) is 9.09. The molecule has 0 aliphatic heterocycles. The number of phenolic OH excluding ortho intramolecular Hbond substituents is 2. The largest absolute Gasteiger partial charge is 0.507 e. The summed E-state index contributed by atoms with van der Waals surface area (Å²) in [5.74, 6) is 1.13. The summed E-state index contributed by atoms with van der Waals surface area (Å²) in [5.41, 5.74) is 0.640. The zero-order valence-electron chi connectivity index (χ0n) is 12.0. The minimum atomic E-state index is 0.0307. The molecule has 0 aromatic heterocycles. The average molecular weight is 263 g/mol. The van der Waals surface area contributed by atoms with Crippen LogP contribution in [0.25, 0.3) is 0 Å². The third-order valence-corrected chi connectivity index (χ3v) is 4.41. The van der Waals surface area contributed by atoms with Gasteiger partial charge in [-0.15, -0.1) is 0 Å².